The first-order valence-electron chi connectivity index (χ1n) is 23.8. The molecule has 11 aromatic carbocycles. The van der Waals surface area contributed by atoms with Crippen LogP contribution >= 0.6 is 0 Å². The van der Waals surface area contributed by atoms with E-state index in [2.05, 4.69) is 212 Å². The van der Waals surface area contributed by atoms with Gasteiger partial charge in [-0.3, -0.25) is 0 Å². The molecule has 14 rings (SSSR count). The lowest BCUT2D eigenvalue weighted by atomic mass is 9.64. The minimum Gasteiger partial charge on any atom is -0.457 e. The van der Waals surface area contributed by atoms with Crippen molar-refractivity contribution in [1.29, 1.82) is 0 Å². The fourth-order valence-electron chi connectivity index (χ4n) is 11.2. The molecule has 326 valence electrons. The molecule has 0 unspecified atom stereocenters. The van der Waals surface area contributed by atoms with Crippen LogP contribution in [-0.4, -0.2) is 15.0 Å². The Morgan fingerprint density at radius 1 is 0.271 bits per heavy atom. The molecule has 4 nitrogen and oxygen atoms in total. The van der Waals surface area contributed by atoms with E-state index >= 15 is 0 Å². The zero-order valence-corrected chi connectivity index (χ0v) is 37.9. The molecule has 0 saturated carbocycles. The Bertz CT molecular complexity index is 3970. The van der Waals surface area contributed by atoms with Crippen molar-refractivity contribution >= 4 is 21.5 Å². The summed E-state index contributed by atoms with van der Waals surface area (Å²) >= 11 is 0. The first-order chi connectivity index (χ1) is 34.7. The smallest absolute Gasteiger partial charge is 0.164 e. The lowest BCUT2D eigenvalue weighted by molar-refractivity contribution is 0.437. The highest BCUT2D eigenvalue weighted by Gasteiger charge is 2.52. The third kappa shape index (κ3) is 6.20. The number of nitrogens with zero attached hydrogens (tertiary/aromatic N) is 3. The van der Waals surface area contributed by atoms with Crippen LogP contribution in [0.5, 0.6) is 11.5 Å². The van der Waals surface area contributed by atoms with Gasteiger partial charge in [0, 0.05) is 27.8 Å². The minimum atomic E-state index is -0.635. The Morgan fingerprint density at radius 2 is 0.657 bits per heavy atom. The van der Waals surface area contributed by atoms with Crippen LogP contribution in [0, 0.1) is 0 Å². The second-order valence-corrected chi connectivity index (χ2v) is 18.2. The van der Waals surface area contributed by atoms with E-state index in [0.717, 1.165) is 67.1 Å². The van der Waals surface area contributed by atoms with Crippen molar-refractivity contribution in [2.24, 2.45) is 0 Å². The van der Waals surface area contributed by atoms with Crippen molar-refractivity contribution < 1.29 is 4.74 Å². The van der Waals surface area contributed by atoms with Crippen LogP contribution in [0.4, 0.5) is 0 Å². The molecule has 0 bridgehead atoms. The summed E-state index contributed by atoms with van der Waals surface area (Å²) in [7, 11) is 0. The number of fused-ring (bicyclic) bond motifs is 14. The quantitative estimate of drug-likeness (QED) is 0.156. The summed E-state index contributed by atoms with van der Waals surface area (Å²) in [6.45, 7) is 0. The lowest BCUT2D eigenvalue weighted by Crippen LogP contribution is -2.32. The highest BCUT2D eigenvalue weighted by atomic mass is 16.5. The molecule has 1 aliphatic carbocycles. The number of ether oxygens (including phenoxy) is 1. The predicted molar refractivity (Wildman–Crippen MR) is 285 cm³/mol. The molecular formula is C66H41N3O. The molecule has 0 amide bonds. The second-order valence-electron chi connectivity index (χ2n) is 18.2. The highest BCUT2D eigenvalue weighted by Crippen LogP contribution is 2.65. The van der Waals surface area contributed by atoms with Crippen LogP contribution < -0.4 is 4.74 Å². The van der Waals surface area contributed by atoms with Gasteiger partial charge in [-0.05, 0) is 101 Å². The summed E-state index contributed by atoms with van der Waals surface area (Å²) in [5.41, 5.74) is 16.4. The minimum absolute atomic E-state index is 0.626. The average Bonchev–Trinajstić information content (AvgIpc) is 3.75. The standard InChI is InChI=1S/C66H41N3O/c1-3-16-42(17-4-1)43-30-34-46(35-31-43)64-67-63(45-18-5-2-6-19-45)68-65(69-64)47-36-32-44(33-37-47)48-20-15-21-49(40-48)50-38-39-55-58(41-50)66(56-26-11-13-28-59(56)70-60-29-14-12-27-57(60)66)62-54-25-10-8-23-52(54)51-22-7-9-24-53(51)61(55)62/h1-41H. The van der Waals surface area contributed by atoms with Crippen LogP contribution in [0.15, 0.2) is 249 Å². The normalized spacial score (nSPS) is 12.8. The van der Waals surface area contributed by atoms with E-state index in [0.29, 0.717) is 17.5 Å². The second kappa shape index (κ2) is 15.9. The summed E-state index contributed by atoms with van der Waals surface area (Å²) in [6, 6.07) is 88.8. The first-order valence-corrected chi connectivity index (χ1v) is 23.8. The van der Waals surface area contributed by atoms with Gasteiger partial charge in [0.15, 0.2) is 17.5 Å². The number of aromatic nitrogens is 3. The maximum atomic E-state index is 6.77. The fraction of sp³-hybridized carbons (Fsp3) is 0.0152. The van der Waals surface area contributed by atoms with Crippen molar-refractivity contribution in [3.8, 4) is 90.2 Å². The molecule has 12 aromatic rings. The SMILES string of the molecule is c1ccc(-c2ccc(-c3nc(-c4ccccc4)nc(-c4ccc(-c5cccc(-c6ccc7c(c6)C6(c8ccccc8Oc8ccccc86)c6c-7c7ccccc7c7ccccc67)c5)cc4)n3)cc2)cc1. The molecule has 0 atom stereocenters. The van der Waals surface area contributed by atoms with Crippen LogP contribution in [0.3, 0.4) is 0 Å². The number of para-hydroxylation sites is 2. The highest BCUT2D eigenvalue weighted by molar-refractivity contribution is 6.19. The van der Waals surface area contributed by atoms with E-state index in [-0.39, 0.29) is 0 Å². The van der Waals surface area contributed by atoms with E-state index in [1.807, 2.05) is 36.4 Å². The van der Waals surface area contributed by atoms with E-state index in [1.165, 1.54) is 49.4 Å². The maximum Gasteiger partial charge on any atom is 0.164 e. The Morgan fingerprint density at radius 3 is 1.26 bits per heavy atom. The van der Waals surface area contributed by atoms with Gasteiger partial charge >= 0.3 is 0 Å². The van der Waals surface area contributed by atoms with Gasteiger partial charge in [-0.25, -0.2) is 15.0 Å². The summed E-state index contributed by atoms with van der Waals surface area (Å²) in [5.74, 6) is 3.66. The Balaban J connectivity index is 0.878. The Hall–Kier alpha value is -9.25. The lowest BCUT2D eigenvalue weighted by Gasteiger charge is -2.40. The monoisotopic (exact) mass is 891 g/mol. The molecule has 1 aromatic heterocycles. The van der Waals surface area contributed by atoms with Crippen molar-refractivity contribution in [3.05, 3.63) is 271 Å². The van der Waals surface area contributed by atoms with E-state index in [9.17, 15) is 0 Å². The Kier molecular flexibility index (Phi) is 9.08. The van der Waals surface area contributed by atoms with Crippen molar-refractivity contribution in [3.63, 3.8) is 0 Å². The van der Waals surface area contributed by atoms with Gasteiger partial charge in [0.05, 0.1) is 5.41 Å². The summed E-state index contributed by atoms with van der Waals surface area (Å²) in [5, 5.41) is 5.03. The molecule has 2 heterocycles. The summed E-state index contributed by atoms with van der Waals surface area (Å²) < 4.78 is 6.77. The molecule has 4 heteroatoms. The molecule has 0 fully saturated rings. The van der Waals surface area contributed by atoms with Gasteiger partial charge in [-0.2, -0.15) is 0 Å². The number of hydrogen-bond acceptors (Lipinski definition) is 4. The maximum absolute atomic E-state index is 6.77. The molecule has 1 aliphatic heterocycles. The zero-order valence-electron chi connectivity index (χ0n) is 37.9. The van der Waals surface area contributed by atoms with Crippen molar-refractivity contribution in [2.45, 2.75) is 5.41 Å². The topological polar surface area (TPSA) is 47.9 Å². The largest absolute Gasteiger partial charge is 0.457 e. The number of benzene rings is 11. The summed E-state index contributed by atoms with van der Waals surface area (Å²) in [4.78, 5) is 15.1. The molecule has 0 radical (unpaired) electrons. The summed E-state index contributed by atoms with van der Waals surface area (Å²) in [6.07, 6.45) is 0. The van der Waals surface area contributed by atoms with Gasteiger partial charge in [0.1, 0.15) is 11.5 Å². The van der Waals surface area contributed by atoms with Crippen LogP contribution in [-0.2, 0) is 5.41 Å². The number of hydrogen-bond donors (Lipinski definition) is 0. The molecule has 0 N–H and O–H groups in total. The van der Waals surface area contributed by atoms with E-state index in [4.69, 9.17) is 19.7 Å². The zero-order chi connectivity index (χ0) is 46.2. The molecule has 2 aliphatic rings. The van der Waals surface area contributed by atoms with E-state index < -0.39 is 5.41 Å². The van der Waals surface area contributed by atoms with Crippen LogP contribution in [0.25, 0.3) is 100 Å². The third-order valence-corrected chi connectivity index (χ3v) is 14.4. The van der Waals surface area contributed by atoms with Gasteiger partial charge in [-0.15, -0.1) is 0 Å². The third-order valence-electron chi connectivity index (χ3n) is 14.4. The fourth-order valence-corrected chi connectivity index (χ4v) is 11.2. The van der Waals surface area contributed by atoms with E-state index in [1.54, 1.807) is 0 Å². The molecule has 70 heavy (non-hydrogen) atoms. The van der Waals surface area contributed by atoms with Crippen LogP contribution in [0.2, 0.25) is 0 Å². The van der Waals surface area contributed by atoms with Crippen molar-refractivity contribution in [2.75, 3.05) is 0 Å². The van der Waals surface area contributed by atoms with Crippen LogP contribution in [0.1, 0.15) is 22.3 Å². The van der Waals surface area contributed by atoms with Gasteiger partial charge in [-0.1, -0.05) is 224 Å². The Labute approximate surface area is 405 Å². The molecule has 1 spiro atoms. The predicted octanol–water partition coefficient (Wildman–Crippen LogP) is 16.6. The van der Waals surface area contributed by atoms with Gasteiger partial charge < -0.3 is 4.74 Å². The number of rotatable bonds is 6. The molecular weight excluding hydrogens is 851 g/mol. The van der Waals surface area contributed by atoms with Gasteiger partial charge in [0.25, 0.3) is 0 Å². The molecule has 0 saturated heterocycles. The van der Waals surface area contributed by atoms with Crippen molar-refractivity contribution in [1.82, 2.24) is 15.0 Å². The average molecular weight is 892 g/mol. The first kappa shape index (κ1) is 39.9. The van der Waals surface area contributed by atoms with Gasteiger partial charge in [0.2, 0.25) is 0 Å².